The van der Waals surface area contributed by atoms with Crippen LogP contribution in [0.25, 0.3) is 0 Å². The summed E-state index contributed by atoms with van der Waals surface area (Å²) >= 11 is 0. The number of rotatable bonds is 5. The van der Waals surface area contributed by atoms with Crippen molar-refractivity contribution in [3.63, 3.8) is 0 Å². The Morgan fingerprint density at radius 2 is 2.14 bits per heavy atom. The summed E-state index contributed by atoms with van der Waals surface area (Å²) in [4.78, 5) is 2.55. The molecule has 0 spiro atoms. The van der Waals surface area contributed by atoms with Crippen molar-refractivity contribution in [2.75, 3.05) is 19.7 Å². The van der Waals surface area contributed by atoms with Crippen LogP contribution in [0.3, 0.4) is 0 Å². The van der Waals surface area contributed by atoms with Crippen LogP contribution in [0, 0.1) is 17.2 Å². The quantitative estimate of drug-likeness (QED) is 0.844. The zero-order valence-electron chi connectivity index (χ0n) is 13.5. The lowest BCUT2D eigenvalue weighted by molar-refractivity contribution is -0.0512. The van der Waals surface area contributed by atoms with E-state index in [9.17, 15) is 5.26 Å². The molecule has 1 aliphatic heterocycles. The molecule has 0 aromatic carbocycles. The van der Waals surface area contributed by atoms with E-state index in [0.29, 0.717) is 24.1 Å². The molecule has 3 aliphatic rings. The molecule has 1 N–H and O–H groups in total. The summed E-state index contributed by atoms with van der Waals surface area (Å²) in [5, 5.41) is 13.4. The maximum atomic E-state index is 9.75. The van der Waals surface area contributed by atoms with Crippen molar-refractivity contribution in [2.45, 2.75) is 76.1 Å². The van der Waals surface area contributed by atoms with Crippen molar-refractivity contribution in [3.05, 3.63) is 0 Å². The lowest BCUT2D eigenvalue weighted by Crippen LogP contribution is -2.51. The molecule has 4 atom stereocenters. The van der Waals surface area contributed by atoms with E-state index in [0.717, 1.165) is 32.5 Å². The van der Waals surface area contributed by atoms with Gasteiger partial charge in [-0.25, -0.2) is 0 Å². The van der Waals surface area contributed by atoms with Gasteiger partial charge in [-0.15, -0.1) is 0 Å². The van der Waals surface area contributed by atoms with E-state index >= 15 is 0 Å². The van der Waals surface area contributed by atoms with E-state index in [1.807, 2.05) is 0 Å². The number of morpholine rings is 1. The molecule has 2 saturated carbocycles. The molecular weight excluding hydrogens is 262 g/mol. The van der Waals surface area contributed by atoms with E-state index in [1.165, 1.54) is 25.7 Å². The van der Waals surface area contributed by atoms with Crippen LogP contribution < -0.4 is 5.32 Å². The minimum Gasteiger partial charge on any atom is -0.376 e. The van der Waals surface area contributed by atoms with Gasteiger partial charge in [0.05, 0.1) is 18.8 Å². The summed E-state index contributed by atoms with van der Waals surface area (Å²) in [5.74, 6) is 0.522. The Bertz CT molecular complexity index is 403. The fourth-order valence-electron chi connectivity index (χ4n) is 4.04. The topological polar surface area (TPSA) is 48.3 Å². The predicted molar refractivity (Wildman–Crippen MR) is 82.9 cm³/mol. The lowest BCUT2D eigenvalue weighted by atomic mass is 9.85. The van der Waals surface area contributed by atoms with Crippen molar-refractivity contribution in [1.82, 2.24) is 10.2 Å². The van der Waals surface area contributed by atoms with Gasteiger partial charge < -0.3 is 4.74 Å². The number of nitrogens with zero attached hydrogens (tertiary/aromatic N) is 2. The SMILES string of the molecule is CC1CN(CCC2CCCC2(C#N)NC2CC2)C(C)CO1. The van der Waals surface area contributed by atoms with Crippen LogP contribution in [0.15, 0.2) is 0 Å². The number of nitriles is 1. The molecule has 3 rings (SSSR count). The highest BCUT2D eigenvalue weighted by atomic mass is 16.5. The highest BCUT2D eigenvalue weighted by Crippen LogP contribution is 2.40. The van der Waals surface area contributed by atoms with Gasteiger partial charge in [-0.05, 0) is 58.4 Å². The van der Waals surface area contributed by atoms with Crippen LogP contribution in [-0.2, 0) is 4.74 Å². The summed E-state index contributed by atoms with van der Waals surface area (Å²) in [6.07, 6.45) is 7.45. The van der Waals surface area contributed by atoms with Crippen molar-refractivity contribution < 1.29 is 4.74 Å². The van der Waals surface area contributed by atoms with Gasteiger partial charge in [0.1, 0.15) is 5.54 Å². The van der Waals surface area contributed by atoms with Crippen molar-refractivity contribution in [3.8, 4) is 6.07 Å². The maximum Gasteiger partial charge on any atom is 0.109 e. The first-order chi connectivity index (χ1) is 10.1. The number of nitrogens with one attached hydrogen (secondary N) is 1. The Balaban J connectivity index is 1.56. The van der Waals surface area contributed by atoms with Crippen molar-refractivity contribution in [1.29, 1.82) is 5.26 Å². The van der Waals surface area contributed by atoms with Crippen LogP contribution in [0.5, 0.6) is 0 Å². The molecule has 1 saturated heterocycles. The summed E-state index contributed by atoms with van der Waals surface area (Å²) in [7, 11) is 0. The fourth-order valence-corrected chi connectivity index (χ4v) is 4.04. The Hall–Kier alpha value is -0.630. The molecule has 21 heavy (non-hydrogen) atoms. The molecule has 4 nitrogen and oxygen atoms in total. The van der Waals surface area contributed by atoms with Gasteiger partial charge in [0.2, 0.25) is 0 Å². The zero-order valence-corrected chi connectivity index (χ0v) is 13.5. The molecule has 3 fully saturated rings. The van der Waals surface area contributed by atoms with Gasteiger partial charge in [0.25, 0.3) is 0 Å². The molecule has 0 bridgehead atoms. The average molecular weight is 291 g/mol. The lowest BCUT2D eigenvalue weighted by Gasteiger charge is -2.38. The third-order valence-electron chi connectivity index (χ3n) is 5.56. The van der Waals surface area contributed by atoms with E-state index in [2.05, 4.69) is 30.1 Å². The average Bonchev–Trinajstić information content (AvgIpc) is 3.19. The summed E-state index contributed by atoms with van der Waals surface area (Å²) in [5.41, 5.74) is -0.234. The molecule has 1 heterocycles. The second-order valence-corrected chi connectivity index (χ2v) is 7.37. The molecular formula is C17H29N3O. The van der Waals surface area contributed by atoms with Crippen LogP contribution in [-0.4, -0.2) is 48.3 Å². The first-order valence-electron chi connectivity index (χ1n) is 8.67. The third-order valence-corrected chi connectivity index (χ3v) is 5.56. The second-order valence-electron chi connectivity index (χ2n) is 7.37. The maximum absolute atomic E-state index is 9.75. The number of hydrogen-bond acceptors (Lipinski definition) is 4. The van der Waals surface area contributed by atoms with Crippen LogP contribution in [0.4, 0.5) is 0 Å². The monoisotopic (exact) mass is 291 g/mol. The van der Waals surface area contributed by atoms with E-state index in [-0.39, 0.29) is 5.54 Å². The standard InChI is InChI=1S/C17H29N3O/c1-13-11-21-14(2)10-20(13)9-7-15-4-3-8-17(15,12-18)19-16-5-6-16/h13-16,19H,3-11H2,1-2H3. The fraction of sp³-hybridized carbons (Fsp3) is 0.941. The Morgan fingerprint density at radius 3 is 2.86 bits per heavy atom. The highest BCUT2D eigenvalue weighted by Gasteiger charge is 2.46. The molecule has 118 valence electrons. The highest BCUT2D eigenvalue weighted by molar-refractivity contribution is 5.16. The van der Waals surface area contributed by atoms with Gasteiger partial charge in [-0.3, -0.25) is 10.2 Å². The molecule has 0 amide bonds. The number of hydrogen-bond donors (Lipinski definition) is 1. The van der Waals surface area contributed by atoms with Gasteiger partial charge >= 0.3 is 0 Å². The minimum absolute atomic E-state index is 0.234. The van der Waals surface area contributed by atoms with Crippen molar-refractivity contribution in [2.24, 2.45) is 5.92 Å². The summed E-state index contributed by atoms with van der Waals surface area (Å²) in [6.45, 7) is 7.39. The van der Waals surface area contributed by atoms with Gasteiger partial charge in [0, 0.05) is 18.6 Å². The Kier molecular flexibility index (Phi) is 4.54. The van der Waals surface area contributed by atoms with Gasteiger partial charge in [-0.1, -0.05) is 6.42 Å². The Morgan fingerprint density at radius 1 is 1.33 bits per heavy atom. The normalized spacial score (nSPS) is 41.1. The van der Waals surface area contributed by atoms with Crippen LogP contribution in [0.1, 0.15) is 52.4 Å². The first kappa shape index (κ1) is 15.3. The zero-order chi connectivity index (χ0) is 14.9. The molecule has 4 heteroatoms. The van der Waals surface area contributed by atoms with Crippen LogP contribution in [0.2, 0.25) is 0 Å². The van der Waals surface area contributed by atoms with Crippen molar-refractivity contribution >= 4 is 0 Å². The molecule has 4 unspecified atom stereocenters. The molecule has 0 aromatic rings. The molecule has 2 aliphatic carbocycles. The van der Waals surface area contributed by atoms with E-state index < -0.39 is 0 Å². The van der Waals surface area contributed by atoms with Gasteiger partial charge in [0.15, 0.2) is 0 Å². The predicted octanol–water partition coefficient (Wildman–Crippen LogP) is 2.30. The van der Waals surface area contributed by atoms with Gasteiger partial charge in [-0.2, -0.15) is 5.26 Å². The molecule has 0 radical (unpaired) electrons. The minimum atomic E-state index is -0.234. The summed E-state index contributed by atoms with van der Waals surface area (Å²) in [6, 6.07) is 3.78. The molecule has 0 aromatic heterocycles. The Labute approximate surface area is 128 Å². The second kappa shape index (κ2) is 6.24. The van der Waals surface area contributed by atoms with E-state index in [4.69, 9.17) is 4.74 Å². The van der Waals surface area contributed by atoms with E-state index in [1.54, 1.807) is 0 Å². The third kappa shape index (κ3) is 3.41. The van der Waals surface area contributed by atoms with Crippen LogP contribution >= 0.6 is 0 Å². The number of ether oxygens (including phenoxy) is 1. The summed E-state index contributed by atoms with van der Waals surface area (Å²) < 4.78 is 5.71. The largest absolute Gasteiger partial charge is 0.376 e. The smallest absolute Gasteiger partial charge is 0.109 e. The first-order valence-corrected chi connectivity index (χ1v) is 8.67.